The second kappa shape index (κ2) is 7.77. The van der Waals surface area contributed by atoms with E-state index in [0.717, 1.165) is 6.07 Å². The molecule has 1 aromatic heterocycles. The maximum atomic E-state index is 11.0. The summed E-state index contributed by atoms with van der Waals surface area (Å²) in [5.74, 6) is -0.0400. The van der Waals surface area contributed by atoms with Crippen LogP contribution in [0.5, 0.6) is 11.5 Å². The zero-order chi connectivity index (χ0) is 21.4. The van der Waals surface area contributed by atoms with Gasteiger partial charge in [-0.15, -0.1) is 0 Å². The normalized spacial score (nSPS) is 11.4. The number of hydrogen-bond donors (Lipinski definition) is 2. The number of nitro benzene ring substituents is 1. The molecule has 0 aliphatic heterocycles. The first-order valence-electron chi connectivity index (χ1n) is 8.42. The molecule has 0 fully saturated rings. The quantitative estimate of drug-likeness (QED) is 0.207. The van der Waals surface area contributed by atoms with Gasteiger partial charge in [0.15, 0.2) is 5.58 Å². The average Bonchev–Trinajstić information content (AvgIpc) is 3.13. The van der Waals surface area contributed by atoms with Crippen LogP contribution in [0.4, 0.5) is 11.4 Å². The van der Waals surface area contributed by atoms with Crippen molar-refractivity contribution in [3.8, 4) is 23.0 Å². The highest BCUT2D eigenvalue weighted by molar-refractivity contribution is 9.10. The third kappa shape index (κ3) is 3.85. The molecule has 3 aromatic carbocycles. The van der Waals surface area contributed by atoms with Gasteiger partial charge in [0, 0.05) is 28.4 Å². The number of phenolic OH excluding ortho intramolecular Hbond substituents is 2. The van der Waals surface area contributed by atoms with Crippen molar-refractivity contribution >= 4 is 56.2 Å². The van der Waals surface area contributed by atoms with Gasteiger partial charge in [0.1, 0.15) is 11.3 Å². The number of rotatable bonds is 4. The number of benzene rings is 3. The fraction of sp³-hybridized carbons (Fsp3) is 0. The van der Waals surface area contributed by atoms with E-state index >= 15 is 0 Å². The maximum absolute atomic E-state index is 11.0. The summed E-state index contributed by atoms with van der Waals surface area (Å²) in [4.78, 5) is 19.0. The number of fused-ring (bicyclic) bond motifs is 1. The van der Waals surface area contributed by atoms with Gasteiger partial charge in [-0.1, -0.05) is 11.6 Å². The Balaban J connectivity index is 1.68. The Bertz CT molecular complexity index is 1340. The molecule has 0 bridgehead atoms. The predicted molar refractivity (Wildman–Crippen MR) is 116 cm³/mol. The molecule has 10 heteroatoms. The molecule has 0 amide bonds. The second-order valence-electron chi connectivity index (χ2n) is 6.22. The second-order valence-corrected chi connectivity index (χ2v) is 7.51. The average molecular weight is 489 g/mol. The number of oxazole rings is 1. The van der Waals surface area contributed by atoms with Crippen LogP contribution in [0.2, 0.25) is 5.02 Å². The van der Waals surface area contributed by atoms with Crippen LogP contribution in [-0.4, -0.2) is 26.3 Å². The highest BCUT2D eigenvalue weighted by atomic mass is 79.9. The van der Waals surface area contributed by atoms with E-state index < -0.39 is 16.4 Å². The molecule has 0 saturated carbocycles. The van der Waals surface area contributed by atoms with Gasteiger partial charge in [-0.25, -0.2) is 4.98 Å². The summed E-state index contributed by atoms with van der Waals surface area (Å²) in [5.41, 5.74) is 1.87. The molecule has 0 aliphatic carbocycles. The van der Waals surface area contributed by atoms with Crippen LogP contribution in [0.1, 0.15) is 5.56 Å². The van der Waals surface area contributed by atoms with E-state index in [9.17, 15) is 20.3 Å². The minimum Gasteiger partial charge on any atom is -0.507 e. The SMILES string of the molecule is O=[N+]([O-])c1cc(Cl)cc(C=Nc2ccc3oc(-c4ccc(O)c(Br)c4)nc3c2)c1O. The Morgan fingerprint density at radius 3 is 2.70 bits per heavy atom. The van der Waals surface area contributed by atoms with Crippen LogP contribution >= 0.6 is 27.5 Å². The number of aromatic hydroxyl groups is 2. The lowest BCUT2D eigenvalue weighted by atomic mass is 10.2. The van der Waals surface area contributed by atoms with Gasteiger partial charge < -0.3 is 14.6 Å². The number of phenols is 2. The van der Waals surface area contributed by atoms with E-state index in [4.69, 9.17) is 16.0 Å². The number of aliphatic imine (C=N–C) groups is 1. The topological polar surface area (TPSA) is 122 Å². The minimum absolute atomic E-state index is 0.107. The zero-order valence-electron chi connectivity index (χ0n) is 14.9. The van der Waals surface area contributed by atoms with E-state index in [2.05, 4.69) is 25.9 Å². The predicted octanol–water partition coefficient (Wildman–Crippen LogP) is 5.98. The summed E-state index contributed by atoms with van der Waals surface area (Å²) >= 11 is 9.14. The first-order valence-corrected chi connectivity index (χ1v) is 9.59. The number of nitro groups is 1. The van der Waals surface area contributed by atoms with Crippen molar-refractivity contribution in [2.45, 2.75) is 0 Å². The Hall–Kier alpha value is -3.43. The van der Waals surface area contributed by atoms with Gasteiger partial charge >= 0.3 is 5.69 Å². The van der Waals surface area contributed by atoms with Crippen LogP contribution < -0.4 is 0 Å². The molecule has 0 radical (unpaired) electrons. The fourth-order valence-electron chi connectivity index (χ4n) is 2.75. The van der Waals surface area contributed by atoms with Crippen molar-refractivity contribution in [1.82, 2.24) is 4.98 Å². The summed E-state index contributed by atoms with van der Waals surface area (Å²) in [5, 5.41) is 30.8. The summed E-state index contributed by atoms with van der Waals surface area (Å²) in [6.07, 6.45) is 1.29. The maximum Gasteiger partial charge on any atom is 0.312 e. The zero-order valence-corrected chi connectivity index (χ0v) is 17.3. The number of hydrogen-bond acceptors (Lipinski definition) is 7. The van der Waals surface area contributed by atoms with E-state index in [0.29, 0.717) is 32.7 Å². The van der Waals surface area contributed by atoms with Gasteiger partial charge in [0.25, 0.3) is 0 Å². The Labute approximate surface area is 182 Å². The van der Waals surface area contributed by atoms with Crippen LogP contribution in [0, 0.1) is 10.1 Å². The third-order valence-electron chi connectivity index (χ3n) is 4.20. The van der Waals surface area contributed by atoms with Crippen molar-refractivity contribution in [3.05, 3.63) is 73.7 Å². The van der Waals surface area contributed by atoms with E-state index in [1.165, 1.54) is 18.3 Å². The molecule has 1 heterocycles. The lowest BCUT2D eigenvalue weighted by Gasteiger charge is -2.01. The van der Waals surface area contributed by atoms with Gasteiger partial charge in [-0.05, 0) is 58.4 Å². The lowest BCUT2D eigenvalue weighted by Crippen LogP contribution is -1.92. The molecule has 0 unspecified atom stereocenters. The van der Waals surface area contributed by atoms with Crippen molar-refractivity contribution in [2.75, 3.05) is 0 Å². The van der Waals surface area contributed by atoms with Crippen LogP contribution in [0.15, 0.2) is 62.4 Å². The van der Waals surface area contributed by atoms with Gasteiger partial charge in [0.2, 0.25) is 11.6 Å². The van der Waals surface area contributed by atoms with E-state index in [1.54, 1.807) is 30.3 Å². The number of halogens is 2. The van der Waals surface area contributed by atoms with E-state index in [1.807, 2.05) is 0 Å². The Kier molecular flexibility index (Phi) is 5.15. The lowest BCUT2D eigenvalue weighted by molar-refractivity contribution is -0.385. The molecule has 8 nitrogen and oxygen atoms in total. The van der Waals surface area contributed by atoms with Crippen LogP contribution in [0.3, 0.4) is 0 Å². The smallest absolute Gasteiger partial charge is 0.312 e. The van der Waals surface area contributed by atoms with Crippen molar-refractivity contribution in [3.63, 3.8) is 0 Å². The molecule has 0 atom stereocenters. The number of nitrogens with zero attached hydrogens (tertiary/aromatic N) is 3. The van der Waals surface area contributed by atoms with Gasteiger partial charge in [-0.3, -0.25) is 15.1 Å². The molecular weight excluding hydrogens is 478 g/mol. The highest BCUT2D eigenvalue weighted by Crippen LogP contribution is 2.34. The van der Waals surface area contributed by atoms with Gasteiger partial charge in [0.05, 0.1) is 15.1 Å². The molecule has 30 heavy (non-hydrogen) atoms. The highest BCUT2D eigenvalue weighted by Gasteiger charge is 2.18. The first-order chi connectivity index (χ1) is 14.3. The molecule has 150 valence electrons. The summed E-state index contributed by atoms with van der Waals surface area (Å²) < 4.78 is 6.26. The van der Waals surface area contributed by atoms with Crippen molar-refractivity contribution in [2.24, 2.45) is 4.99 Å². The third-order valence-corrected chi connectivity index (χ3v) is 5.05. The van der Waals surface area contributed by atoms with Gasteiger partial charge in [-0.2, -0.15) is 0 Å². The molecular formula is C20H11BrClN3O5. The Morgan fingerprint density at radius 2 is 1.97 bits per heavy atom. The first kappa shape index (κ1) is 19.9. The van der Waals surface area contributed by atoms with Crippen LogP contribution in [-0.2, 0) is 0 Å². The van der Waals surface area contributed by atoms with Crippen molar-refractivity contribution in [1.29, 1.82) is 0 Å². The van der Waals surface area contributed by atoms with Crippen LogP contribution in [0.25, 0.3) is 22.6 Å². The number of aromatic nitrogens is 1. The fourth-order valence-corrected chi connectivity index (χ4v) is 3.35. The monoisotopic (exact) mass is 487 g/mol. The largest absolute Gasteiger partial charge is 0.507 e. The molecule has 0 aliphatic rings. The summed E-state index contributed by atoms with van der Waals surface area (Å²) in [6.45, 7) is 0. The molecule has 0 spiro atoms. The Morgan fingerprint density at radius 1 is 1.17 bits per heavy atom. The molecule has 4 aromatic rings. The standard InChI is InChI=1S/C20H11BrClN3O5/c21-14-6-10(1-3-17(14)26)20-24-15-8-13(2-4-18(15)30-20)23-9-11-5-12(22)7-16(19(11)27)25(28)29/h1-9,26-27H. The molecule has 4 rings (SSSR count). The van der Waals surface area contributed by atoms with E-state index in [-0.39, 0.29) is 16.3 Å². The molecule has 0 saturated heterocycles. The summed E-state index contributed by atoms with van der Waals surface area (Å²) in [7, 11) is 0. The minimum atomic E-state index is -0.719. The van der Waals surface area contributed by atoms with Crippen molar-refractivity contribution < 1.29 is 19.6 Å². The molecule has 2 N–H and O–H groups in total. The summed E-state index contributed by atoms with van der Waals surface area (Å²) in [6, 6.07) is 12.4.